The van der Waals surface area contributed by atoms with Crippen LogP contribution in [0.1, 0.15) is 42.8 Å². The molecule has 2 aliphatic heterocycles. The molecule has 0 saturated carbocycles. The summed E-state index contributed by atoms with van der Waals surface area (Å²) in [5.74, 6) is -0.0626. The SMILES string of the molecule is CC(=O)N1C[C@H]2C[C@@H](C1)[C@H](C(=O)N[C@H](C)Cc1cccs1)n1c2cccc1=O. The van der Waals surface area contributed by atoms with Crippen LogP contribution in [0.4, 0.5) is 0 Å². The third-order valence-corrected chi connectivity index (χ3v) is 6.74. The van der Waals surface area contributed by atoms with Gasteiger partial charge in [-0.05, 0) is 30.9 Å². The van der Waals surface area contributed by atoms with E-state index in [9.17, 15) is 14.4 Å². The molecule has 148 valence electrons. The highest BCUT2D eigenvalue weighted by atomic mass is 32.1. The fourth-order valence-electron chi connectivity index (χ4n) is 4.64. The van der Waals surface area contributed by atoms with Gasteiger partial charge < -0.3 is 10.2 Å². The molecule has 7 heteroatoms. The van der Waals surface area contributed by atoms with Gasteiger partial charge in [0.2, 0.25) is 11.8 Å². The molecule has 0 aliphatic carbocycles. The van der Waals surface area contributed by atoms with Gasteiger partial charge in [0.1, 0.15) is 6.04 Å². The summed E-state index contributed by atoms with van der Waals surface area (Å²) < 4.78 is 1.67. The molecule has 2 amide bonds. The van der Waals surface area contributed by atoms with Crippen molar-refractivity contribution in [1.29, 1.82) is 0 Å². The molecule has 0 aromatic carbocycles. The normalized spacial score (nSPS) is 24.4. The van der Waals surface area contributed by atoms with Crippen molar-refractivity contribution in [3.05, 3.63) is 56.6 Å². The van der Waals surface area contributed by atoms with Gasteiger partial charge in [-0.1, -0.05) is 12.1 Å². The number of thiophene rings is 1. The van der Waals surface area contributed by atoms with E-state index < -0.39 is 6.04 Å². The number of nitrogens with zero attached hydrogens (tertiary/aromatic N) is 2. The first-order chi connectivity index (χ1) is 13.4. The van der Waals surface area contributed by atoms with Crippen LogP contribution in [0, 0.1) is 5.92 Å². The number of fused-ring (bicyclic) bond motifs is 4. The van der Waals surface area contributed by atoms with Gasteiger partial charge in [0.25, 0.3) is 5.56 Å². The highest BCUT2D eigenvalue weighted by molar-refractivity contribution is 7.09. The van der Waals surface area contributed by atoms with E-state index in [2.05, 4.69) is 11.4 Å². The fraction of sp³-hybridized carbons (Fsp3) is 0.476. The number of hydrogen-bond acceptors (Lipinski definition) is 4. The Hall–Kier alpha value is -2.41. The van der Waals surface area contributed by atoms with Crippen molar-refractivity contribution >= 4 is 23.2 Å². The van der Waals surface area contributed by atoms with Gasteiger partial charge in [0.05, 0.1) is 0 Å². The zero-order valence-electron chi connectivity index (χ0n) is 16.1. The van der Waals surface area contributed by atoms with Crippen LogP contribution >= 0.6 is 11.3 Å². The van der Waals surface area contributed by atoms with Crippen molar-refractivity contribution in [2.75, 3.05) is 13.1 Å². The average Bonchev–Trinajstić information content (AvgIpc) is 3.15. The second kappa shape index (κ2) is 7.54. The number of aromatic nitrogens is 1. The van der Waals surface area contributed by atoms with Crippen LogP contribution in [0.25, 0.3) is 0 Å². The van der Waals surface area contributed by atoms with Crippen molar-refractivity contribution in [1.82, 2.24) is 14.8 Å². The molecule has 1 fully saturated rings. The lowest BCUT2D eigenvalue weighted by Crippen LogP contribution is -2.55. The number of piperidine rings is 1. The molecule has 0 spiro atoms. The molecular weight excluding hydrogens is 374 g/mol. The highest BCUT2D eigenvalue weighted by Crippen LogP contribution is 2.41. The Bertz CT molecular complexity index is 937. The summed E-state index contributed by atoms with van der Waals surface area (Å²) in [6.45, 7) is 4.68. The highest BCUT2D eigenvalue weighted by Gasteiger charge is 2.44. The summed E-state index contributed by atoms with van der Waals surface area (Å²) in [5.41, 5.74) is 0.718. The smallest absolute Gasteiger partial charge is 0.251 e. The first-order valence-electron chi connectivity index (χ1n) is 9.73. The summed E-state index contributed by atoms with van der Waals surface area (Å²) in [5, 5.41) is 5.13. The molecule has 4 rings (SSSR count). The van der Waals surface area contributed by atoms with Crippen LogP contribution in [-0.2, 0) is 16.0 Å². The third kappa shape index (κ3) is 3.51. The lowest BCUT2D eigenvalue weighted by molar-refractivity contribution is -0.135. The maximum atomic E-state index is 13.3. The number of carbonyl (C=O) groups excluding carboxylic acids is 2. The third-order valence-electron chi connectivity index (χ3n) is 5.84. The van der Waals surface area contributed by atoms with E-state index in [1.54, 1.807) is 28.9 Å². The second-order valence-corrected chi connectivity index (χ2v) is 8.95. The van der Waals surface area contributed by atoms with E-state index >= 15 is 0 Å². The van der Waals surface area contributed by atoms with Crippen LogP contribution in [0.5, 0.6) is 0 Å². The lowest BCUT2D eigenvalue weighted by atomic mass is 9.78. The standard InChI is InChI=1S/C21H25N3O3S/c1-13(9-17-5-4-8-28-17)22-21(27)20-16-10-15(11-23(12-16)14(2)25)18-6-3-7-19(26)24(18)20/h3-8,13,15-16,20H,9-12H2,1-2H3,(H,22,27)/t13-,15-,16+,20-/m1/s1. The quantitative estimate of drug-likeness (QED) is 0.857. The maximum Gasteiger partial charge on any atom is 0.251 e. The minimum atomic E-state index is -0.576. The van der Waals surface area contributed by atoms with E-state index in [0.29, 0.717) is 13.1 Å². The van der Waals surface area contributed by atoms with Crippen molar-refractivity contribution in [2.45, 2.75) is 44.7 Å². The molecule has 1 saturated heterocycles. The van der Waals surface area contributed by atoms with Crippen LogP contribution < -0.4 is 10.9 Å². The molecule has 6 nitrogen and oxygen atoms in total. The van der Waals surface area contributed by atoms with Crippen LogP contribution in [0.15, 0.2) is 40.5 Å². The Morgan fingerprint density at radius 2 is 2.07 bits per heavy atom. The molecule has 4 heterocycles. The minimum Gasteiger partial charge on any atom is -0.351 e. The predicted octanol–water partition coefficient (Wildman–Crippen LogP) is 2.16. The van der Waals surface area contributed by atoms with E-state index in [1.807, 2.05) is 29.3 Å². The van der Waals surface area contributed by atoms with Crippen molar-refractivity contribution in [3.63, 3.8) is 0 Å². The first-order valence-corrected chi connectivity index (χ1v) is 10.6. The van der Waals surface area contributed by atoms with Crippen LogP contribution in [-0.4, -0.2) is 40.4 Å². The number of rotatable bonds is 4. The van der Waals surface area contributed by atoms with Crippen LogP contribution in [0.2, 0.25) is 0 Å². The van der Waals surface area contributed by atoms with Crippen LogP contribution in [0.3, 0.4) is 0 Å². The van der Waals surface area contributed by atoms with Crippen molar-refractivity contribution in [2.24, 2.45) is 5.92 Å². The van der Waals surface area contributed by atoms with E-state index in [-0.39, 0.29) is 35.3 Å². The van der Waals surface area contributed by atoms with Gasteiger partial charge in [0.15, 0.2) is 0 Å². The molecule has 1 N–H and O–H groups in total. The zero-order chi connectivity index (χ0) is 19.8. The molecule has 2 aromatic heterocycles. The Labute approximate surface area is 168 Å². The predicted molar refractivity (Wildman–Crippen MR) is 108 cm³/mol. The summed E-state index contributed by atoms with van der Waals surface area (Å²) >= 11 is 1.67. The van der Waals surface area contributed by atoms with Crippen molar-refractivity contribution < 1.29 is 9.59 Å². The number of nitrogens with one attached hydrogen (secondary N) is 1. The summed E-state index contributed by atoms with van der Waals surface area (Å²) in [6.07, 6.45) is 1.59. The molecule has 2 bridgehead atoms. The first kappa shape index (κ1) is 18.9. The number of carbonyl (C=O) groups is 2. The monoisotopic (exact) mass is 399 g/mol. The lowest BCUT2D eigenvalue weighted by Gasteiger charge is -2.46. The molecule has 4 atom stereocenters. The van der Waals surface area contributed by atoms with Gasteiger partial charge >= 0.3 is 0 Å². The summed E-state index contributed by atoms with van der Waals surface area (Å²) in [4.78, 5) is 41.0. The molecule has 2 aromatic rings. The number of hydrogen-bond donors (Lipinski definition) is 1. The van der Waals surface area contributed by atoms with Gasteiger partial charge in [0, 0.05) is 60.9 Å². The number of amides is 2. The average molecular weight is 400 g/mol. The molecular formula is C21H25N3O3S. The second-order valence-electron chi connectivity index (χ2n) is 7.91. The van der Waals surface area contributed by atoms with Gasteiger partial charge in [-0.2, -0.15) is 0 Å². The Kier molecular flexibility index (Phi) is 5.10. The molecule has 2 aliphatic rings. The number of likely N-dealkylation sites (tertiary alicyclic amines) is 1. The van der Waals surface area contributed by atoms with E-state index in [1.165, 1.54) is 10.9 Å². The minimum absolute atomic E-state index is 0.0200. The summed E-state index contributed by atoms with van der Waals surface area (Å²) in [7, 11) is 0. The van der Waals surface area contributed by atoms with Gasteiger partial charge in [-0.15, -0.1) is 11.3 Å². The van der Waals surface area contributed by atoms with E-state index in [4.69, 9.17) is 0 Å². The Morgan fingerprint density at radius 1 is 1.25 bits per heavy atom. The summed E-state index contributed by atoms with van der Waals surface area (Å²) in [6, 6.07) is 8.64. The number of pyridine rings is 1. The molecule has 28 heavy (non-hydrogen) atoms. The molecule has 0 radical (unpaired) electrons. The van der Waals surface area contributed by atoms with E-state index in [0.717, 1.165) is 18.5 Å². The Balaban J connectivity index is 1.62. The van der Waals surface area contributed by atoms with Crippen molar-refractivity contribution in [3.8, 4) is 0 Å². The Morgan fingerprint density at radius 3 is 2.79 bits per heavy atom. The largest absolute Gasteiger partial charge is 0.351 e. The van der Waals surface area contributed by atoms with Gasteiger partial charge in [-0.3, -0.25) is 19.0 Å². The van der Waals surface area contributed by atoms with Gasteiger partial charge in [-0.25, -0.2) is 0 Å². The zero-order valence-corrected chi connectivity index (χ0v) is 16.9. The maximum absolute atomic E-state index is 13.3. The fourth-order valence-corrected chi connectivity index (χ4v) is 5.47. The topological polar surface area (TPSA) is 71.4 Å². The molecule has 0 unspecified atom stereocenters.